The fourth-order valence-electron chi connectivity index (χ4n) is 1.21. The van der Waals surface area contributed by atoms with Crippen molar-refractivity contribution in [2.75, 3.05) is 5.73 Å². The largest absolute Gasteiger partial charge is 0.478 e. The van der Waals surface area contributed by atoms with E-state index in [1.165, 1.54) is 24.0 Å². The predicted molar refractivity (Wildman–Crippen MR) is 64.0 cm³/mol. The molecule has 0 aromatic carbocycles. The summed E-state index contributed by atoms with van der Waals surface area (Å²) < 4.78 is 0. The summed E-state index contributed by atoms with van der Waals surface area (Å²) in [6, 6.07) is 5.11. The quantitative estimate of drug-likeness (QED) is 0.861. The van der Waals surface area contributed by atoms with Gasteiger partial charge in [0.15, 0.2) is 0 Å². The van der Waals surface area contributed by atoms with E-state index in [1.807, 2.05) is 12.1 Å². The molecule has 0 spiro atoms. The Morgan fingerprint density at radius 3 is 2.71 bits per heavy atom. The number of nitrogens with zero attached hydrogens (tertiary/aromatic N) is 2. The number of carboxylic acid groups (broad SMARTS) is 1. The lowest BCUT2D eigenvalue weighted by Gasteiger charge is -2.04. The molecule has 2 rings (SSSR count). The first-order valence-electron chi connectivity index (χ1n) is 4.73. The second kappa shape index (κ2) is 4.84. The maximum Gasteiger partial charge on any atom is 0.337 e. The van der Waals surface area contributed by atoms with E-state index < -0.39 is 5.97 Å². The smallest absolute Gasteiger partial charge is 0.337 e. The Bertz CT molecular complexity index is 546. The van der Waals surface area contributed by atoms with Crippen LogP contribution in [-0.2, 0) is 0 Å². The molecule has 3 N–H and O–H groups in total. The number of hydrogen-bond donors (Lipinski definition) is 2. The Balaban J connectivity index is 2.29. The summed E-state index contributed by atoms with van der Waals surface area (Å²) in [4.78, 5) is 19.8. The van der Waals surface area contributed by atoms with Gasteiger partial charge < -0.3 is 10.8 Å². The number of hydrogen-bond acceptors (Lipinski definition) is 5. The van der Waals surface area contributed by atoms with Crippen LogP contribution in [-0.4, -0.2) is 21.0 Å². The highest BCUT2D eigenvalue weighted by Gasteiger charge is 2.10. The van der Waals surface area contributed by atoms with Crippen molar-refractivity contribution >= 4 is 23.4 Å². The van der Waals surface area contributed by atoms with Gasteiger partial charge in [0.05, 0.1) is 17.4 Å². The fourth-order valence-corrected chi connectivity index (χ4v) is 2.00. The molecule has 6 heteroatoms. The van der Waals surface area contributed by atoms with Crippen molar-refractivity contribution in [3.63, 3.8) is 0 Å². The van der Waals surface area contributed by atoms with Gasteiger partial charge in [0.2, 0.25) is 0 Å². The van der Waals surface area contributed by atoms with Crippen LogP contribution < -0.4 is 5.73 Å². The van der Waals surface area contributed by atoms with Crippen molar-refractivity contribution in [2.45, 2.75) is 9.92 Å². The van der Waals surface area contributed by atoms with Gasteiger partial charge in [-0.25, -0.2) is 9.78 Å². The van der Waals surface area contributed by atoms with Gasteiger partial charge in [0, 0.05) is 17.3 Å². The molecule has 0 saturated heterocycles. The van der Waals surface area contributed by atoms with Gasteiger partial charge in [0.1, 0.15) is 5.03 Å². The van der Waals surface area contributed by atoms with Crippen molar-refractivity contribution in [3.05, 3.63) is 42.4 Å². The number of nitrogen functional groups attached to an aromatic ring is 1. The van der Waals surface area contributed by atoms with Crippen LogP contribution in [0.25, 0.3) is 0 Å². The maximum absolute atomic E-state index is 10.9. The minimum Gasteiger partial charge on any atom is -0.478 e. The van der Waals surface area contributed by atoms with E-state index in [1.54, 1.807) is 12.4 Å². The zero-order chi connectivity index (χ0) is 12.3. The molecule has 0 aliphatic carbocycles. The van der Waals surface area contributed by atoms with Gasteiger partial charge in [0.25, 0.3) is 0 Å². The molecule has 0 radical (unpaired) electrons. The molecule has 0 bridgehead atoms. The normalized spacial score (nSPS) is 10.1. The number of anilines is 1. The van der Waals surface area contributed by atoms with Crippen molar-refractivity contribution in [2.24, 2.45) is 0 Å². The number of carboxylic acids is 1. The standard InChI is InChI=1S/C11H9N3O2S/c12-9-6-14-10(5-8(9)11(15)16)17-7-1-3-13-4-2-7/h1-6H,12H2,(H,15,16). The summed E-state index contributed by atoms with van der Waals surface area (Å²) >= 11 is 1.36. The average Bonchev–Trinajstić information content (AvgIpc) is 2.32. The Labute approximate surface area is 102 Å². The molecule has 0 fully saturated rings. The summed E-state index contributed by atoms with van der Waals surface area (Å²) in [6.07, 6.45) is 4.68. The molecule has 2 heterocycles. The minimum atomic E-state index is -1.05. The minimum absolute atomic E-state index is 0.0663. The number of rotatable bonds is 3. The van der Waals surface area contributed by atoms with Crippen LogP contribution in [0, 0.1) is 0 Å². The molecule has 0 atom stereocenters. The third kappa shape index (κ3) is 2.73. The van der Waals surface area contributed by atoms with Gasteiger partial charge in [-0.3, -0.25) is 4.98 Å². The molecule has 0 amide bonds. The zero-order valence-corrected chi connectivity index (χ0v) is 9.52. The number of aromatic carboxylic acids is 1. The highest BCUT2D eigenvalue weighted by molar-refractivity contribution is 7.99. The summed E-state index contributed by atoms with van der Waals surface area (Å²) in [6.45, 7) is 0. The van der Waals surface area contributed by atoms with E-state index in [0.29, 0.717) is 5.03 Å². The topological polar surface area (TPSA) is 89.1 Å². The van der Waals surface area contributed by atoms with Gasteiger partial charge >= 0.3 is 5.97 Å². The molecule has 0 saturated carbocycles. The number of carbonyl (C=O) groups is 1. The van der Waals surface area contributed by atoms with Crippen LogP contribution in [0.4, 0.5) is 5.69 Å². The van der Waals surface area contributed by atoms with Crippen LogP contribution in [0.5, 0.6) is 0 Å². The third-order valence-electron chi connectivity index (χ3n) is 2.01. The number of pyridine rings is 2. The highest BCUT2D eigenvalue weighted by atomic mass is 32.2. The maximum atomic E-state index is 10.9. The van der Waals surface area contributed by atoms with E-state index in [0.717, 1.165) is 4.90 Å². The van der Waals surface area contributed by atoms with E-state index in [9.17, 15) is 4.79 Å². The van der Waals surface area contributed by atoms with E-state index in [2.05, 4.69) is 9.97 Å². The molecule has 2 aromatic heterocycles. The summed E-state index contributed by atoms with van der Waals surface area (Å²) in [5, 5.41) is 9.52. The summed E-state index contributed by atoms with van der Waals surface area (Å²) in [7, 11) is 0. The molecule has 2 aromatic rings. The molecule has 0 aliphatic rings. The molecule has 0 aliphatic heterocycles. The number of nitrogens with two attached hydrogens (primary N) is 1. The van der Waals surface area contributed by atoms with Gasteiger partial charge in [-0.15, -0.1) is 0 Å². The lowest BCUT2D eigenvalue weighted by molar-refractivity contribution is 0.0697. The van der Waals surface area contributed by atoms with E-state index in [4.69, 9.17) is 10.8 Å². The van der Waals surface area contributed by atoms with Gasteiger partial charge in [-0.1, -0.05) is 11.8 Å². The summed E-state index contributed by atoms with van der Waals surface area (Å²) in [5.41, 5.74) is 5.75. The molecule has 0 unspecified atom stereocenters. The van der Waals surface area contributed by atoms with Crippen molar-refractivity contribution in [1.82, 2.24) is 9.97 Å². The first kappa shape index (κ1) is 11.4. The number of aromatic nitrogens is 2. The lowest BCUT2D eigenvalue weighted by Crippen LogP contribution is -2.03. The van der Waals surface area contributed by atoms with Crippen molar-refractivity contribution < 1.29 is 9.90 Å². The Kier molecular flexibility index (Phi) is 3.24. The molecular formula is C11H9N3O2S. The van der Waals surface area contributed by atoms with Crippen LogP contribution in [0.3, 0.4) is 0 Å². The highest BCUT2D eigenvalue weighted by Crippen LogP contribution is 2.27. The monoisotopic (exact) mass is 247 g/mol. The zero-order valence-electron chi connectivity index (χ0n) is 8.70. The predicted octanol–water partition coefficient (Wildman–Crippen LogP) is 1.91. The summed E-state index contributed by atoms with van der Waals surface area (Å²) in [5.74, 6) is -1.05. The fraction of sp³-hybridized carbons (Fsp3) is 0. The Morgan fingerprint density at radius 2 is 2.06 bits per heavy atom. The van der Waals surface area contributed by atoms with Gasteiger partial charge in [-0.2, -0.15) is 0 Å². The first-order valence-corrected chi connectivity index (χ1v) is 5.55. The van der Waals surface area contributed by atoms with Crippen LogP contribution >= 0.6 is 11.8 Å². The van der Waals surface area contributed by atoms with E-state index in [-0.39, 0.29) is 11.3 Å². The molecule has 5 nitrogen and oxygen atoms in total. The van der Waals surface area contributed by atoms with Crippen LogP contribution in [0.15, 0.2) is 46.7 Å². The third-order valence-corrected chi connectivity index (χ3v) is 2.95. The van der Waals surface area contributed by atoms with Crippen LogP contribution in [0.2, 0.25) is 0 Å². The van der Waals surface area contributed by atoms with Crippen molar-refractivity contribution in [1.29, 1.82) is 0 Å². The second-order valence-electron chi connectivity index (χ2n) is 3.20. The molecule has 17 heavy (non-hydrogen) atoms. The lowest BCUT2D eigenvalue weighted by atomic mass is 10.2. The first-order chi connectivity index (χ1) is 8.16. The SMILES string of the molecule is Nc1cnc(Sc2ccncc2)cc1C(=O)O. The van der Waals surface area contributed by atoms with E-state index >= 15 is 0 Å². The second-order valence-corrected chi connectivity index (χ2v) is 4.29. The van der Waals surface area contributed by atoms with Gasteiger partial charge in [-0.05, 0) is 18.2 Å². The Morgan fingerprint density at radius 1 is 1.35 bits per heavy atom. The Hall–Kier alpha value is -2.08. The molecule has 86 valence electrons. The van der Waals surface area contributed by atoms with Crippen LogP contribution in [0.1, 0.15) is 10.4 Å². The average molecular weight is 247 g/mol. The molecular weight excluding hydrogens is 238 g/mol. The van der Waals surface area contributed by atoms with Crippen molar-refractivity contribution in [3.8, 4) is 0 Å².